The second-order valence-electron chi connectivity index (χ2n) is 4.48. The lowest BCUT2D eigenvalue weighted by Gasteiger charge is -2.29. The minimum Gasteiger partial charge on any atom is -0.502 e. The third kappa shape index (κ3) is 5.22. The summed E-state index contributed by atoms with van der Waals surface area (Å²) < 4.78 is 5.09. The van der Waals surface area contributed by atoms with Gasteiger partial charge in [-0.25, -0.2) is 0 Å². The Morgan fingerprint density at radius 1 is 1.47 bits per heavy atom. The van der Waals surface area contributed by atoms with Gasteiger partial charge in [0.2, 0.25) is 0 Å². The smallest absolute Gasteiger partial charge is 0.0885 e. The van der Waals surface area contributed by atoms with Gasteiger partial charge in [-0.05, 0) is 31.7 Å². The van der Waals surface area contributed by atoms with E-state index in [1.807, 2.05) is 0 Å². The molecule has 88 valence electrons. The zero-order valence-corrected chi connectivity index (χ0v) is 10.0. The maximum Gasteiger partial charge on any atom is 0.0885 e. The summed E-state index contributed by atoms with van der Waals surface area (Å²) in [6.07, 6.45) is 9.52. The molecular formula is C13H25NO. The first-order valence-corrected chi connectivity index (χ1v) is 6.32. The van der Waals surface area contributed by atoms with Crippen molar-refractivity contribution in [2.24, 2.45) is 5.92 Å². The van der Waals surface area contributed by atoms with Crippen molar-refractivity contribution < 1.29 is 4.74 Å². The molecule has 0 aromatic carbocycles. The molecule has 0 aromatic heterocycles. The van der Waals surface area contributed by atoms with Gasteiger partial charge in [0, 0.05) is 6.04 Å². The fourth-order valence-electron chi connectivity index (χ4n) is 2.39. The molecule has 2 heteroatoms. The Labute approximate surface area is 94.1 Å². The molecule has 1 fully saturated rings. The lowest BCUT2D eigenvalue weighted by atomic mass is 9.84. The Bertz CT molecular complexity index is 170. The average molecular weight is 211 g/mol. The molecule has 2 atom stereocenters. The molecular weight excluding hydrogens is 186 g/mol. The van der Waals surface area contributed by atoms with Crippen LogP contribution < -0.4 is 5.32 Å². The van der Waals surface area contributed by atoms with E-state index in [9.17, 15) is 0 Å². The van der Waals surface area contributed by atoms with E-state index >= 15 is 0 Å². The van der Waals surface area contributed by atoms with Gasteiger partial charge >= 0.3 is 0 Å². The van der Waals surface area contributed by atoms with Crippen LogP contribution in [0.3, 0.4) is 0 Å². The van der Waals surface area contributed by atoms with Gasteiger partial charge in [-0.15, -0.1) is 0 Å². The Hall–Kier alpha value is -0.500. The molecule has 1 saturated carbocycles. The molecule has 15 heavy (non-hydrogen) atoms. The largest absolute Gasteiger partial charge is 0.502 e. The number of nitrogens with one attached hydrogen (secondary N) is 1. The van der Waals surface area contributed by atoms with Gasteiger partial charge in [-0.3, -0.25) is 0 Å². The van der Waals surface area contributed by atoms with Gasteiger partial charge in [0.25, 0.3) is 0 Å². The molecule has 0 radical (unpaired) electrons. The van der Waals surface area contributed by atoms with Crippen LogP contribution in [0.1, 0.15) is 45.4 Å². The molecule has 0 bridgehead atoms. The van der Waals surface area contributed by atoms with Crippen LogP contribution in [0.25, 0.3) is 0 Å². The summed E-state index contributed by atoms with van der Waals surface area (Å²) >= 11 is 0. The molecule has 2 nitrogen and oxygen atoms in total. The van der Waals surface area contributed by atoms with Gasteiger partial charge < -0.3 is 10.1 Å². The molecule has 0 aromatic rings. The van der Waals surface area contributed by atoms with E-state index in [0.717, 1.165) is 31.5 Å². The molecule has 1 aliphatic carbocycles. The van der Waals surface area contributed by atoms with Gasteiger partial charge in [-0.2, -0.15) is 0 Å². The summed E-state index contributed by atoms with van der Waals surface area (Å²) in [5, 5.41) is 3.63. The highest BCUT2D eigenvalue weighted by atomic mass is 16.5. The van der Waals surface area contributed by atoms with E-state index in [2.05, 4.69) is 18.8 Å². The van der Waals surface area contributed by atoms with Crippen LogP contribution in [0.2, 0.25) is 0 Å². The minimum absolute atomic E-state index is 0.757. The SMILES string of the molecule is C=COCCCNC1CCCC(CC)C1. The van der Waals surface area contributed by atoms with Crippen LogP contribution in [0, 0.1) is 5.92 Å². The van der Waals surface area contributed by atoms with Gasteiger partial charge in [0.1, 0.15) is 0 Å². The molecule has 0 aliphatic heterocycles. The molecule has 1 aliphatic rings. The standard InChI is InChI=1S/C13H25NO/c1-3-12-7-5-8-13(11-12)14-9-6-10-15-4-2/h4,12-14H,2-3,5-11H2,1H3. The maximum atomic E-state index is 5.09. The molecule has 1 rings (SSSR count). The van der Waals surface area contributed by atoms with Crippen LogP contribution in [-0.2, 0) is 4.74 Å². The summed E-state index contributed by atoms with van der Waals surface area (Å²) in [4.78, 5) is 0. The first-order chi connectivity index (χ1) is 7.36. The summed E-state index contributed by atoms with van der Waals surface area (Å²) in [5.74, 6) is 0.959. The number of hydrogen-bond donors (Lipinski definition) is 1. The van der Waals surface area contributed by atoms with Crippen LogP contribution in [0.5, 0.6) is 0 Å². The zero-order chi connectivity index (χ0) is 10.9. The summed E-state index contributed by atoms with van der Waals surface area (Å²) in [7, 11) is 0. The Morgan fingerprint density at radius 2 is 2.33 bits per heavy atom. The third-order valence-corrected chi connectivity index (χ3v) is 3.35. The minimum atomic E-state index is 0.757. The molecule has 0 spiro atoms. The van der Waals surface area contributed by atoms with Crippen LogP contribution in [0.15, 0.2) is 12.8 Å². The van der Waals surface area contributed by atoms with Crippen molar-refractivity contribution in [3.8, 4) is 0 Å². The highest BCUT2D eigenvalue weighted by molar-refractivity contribution is 4.77. The highest BCUT2D eigenvalue weighted by Gasteiger charge is 2.19. The third-order valence-electron chi connectivity index (χ3n) is 3.35. The second kappa shape index (κ2) is 7.75. The Morgan fingerprint density at radius 3 is 3.07 bits per heavy atom. The quantitative estimate of drug-likeness (QED) is 0.516. The highest BCUT2D eigenvalue weighted by Crippen LogP contribution is 2.26. The summed E-state index contributed by atoms with van der Waals surface area (Å²) in [6, 6.07) is 0.757. The number of rotatable bonds is 7. The predicted molar refractivity (Wildman–Crippen MR) is 64.8 cm³/mol. The molecule has 1 N–H and O–H groups in total. The first kappa shape index (κ1) is 12.6. The Kier molecular flexibility index (Phi) is 6.49. The van der Waals surface area contributed by atoms with Crippen molar-refractivity contribution in [3.63, 3.8) is 0 Å². The molecule has 2 unspecified atom stereocenters. The summed E-state index contributed by atoms with van der Waals surface area (Å²) in [6.45, 7) is 7.71. The topological polar surface area (TPSA) is 21.3 Å². The van der Waals surface area contributed by atoms with Crippen LogP contribution in [-0.4, -0.2) is 19.2 Å². The zero-order valence-electron chi connectivity index (χ0n) is 10.0. The fraction of sp³-hybridized carbons (Fsp3) is 0.846. The Balaban J connectivity index is 2.02. The van der Waals surface area contributed by atoms with E-state index in [4.69, 9.17) is 4.74 Å². The van der Waals surface area contributed by atoms with E-state index in [-0.39, 0.29) is 0 Å². The monoisotopic (exact) mass is 211 g/mol. The normalized spacial score (nSPS) is 26.2. The maximum absolute atomic E-state index is 5.09. The molecule has 0 heterocycles. The second-order valence-corrected chi connectivity index (χ2v) is 4.48. The van der Waals surface area contributed by atoms with Crippen molar-refractivity contribution in [3.05, 3.63) is 12.8 Å². The van der Waals surface area contributed by atoms with E-state index < -0.39 is 0 Å². The van der Waals surface area contributed by atoms with Crippen molar-refractivity contribution in [1.29, 1.82) is 0 Å². The van der Waals surface area contributed by atoms with Crippen LogP contribution in [0.4, 0.5) is 0 Å². The van der Waals surface area contributed by atoms with Crippen molar-refractivity contribution >= 4 is 0 Å². The van der Waals surface area contributed by atoms with Gasteiger partial charge in [0.05, 0.1) is 12.9 Å². The van der Waals surface area contributed by atoms with Gasteiger partial charge in [0.15, 0.2) is 0 Å². The number of hydrogen-bond acceptors (Lipinski definition) is 2. The first-order valence-electron chi connectivity index (χ1n) is 6.32. The van der Waals surface area contributed by atoms with Gasteiger partial charge in [-0.1, -0.05) is 32.8 Å². The van der Waals surface area contributed by atoms with Crippen molar-refractivity contribution in [2.45, 2.75) is 51.5 Å². The van der Waals surface area contributed by atoms with E-state index in [0.29, 0.717) is 0 Å². The van der Waals surface area contributed by atoms with Crippen LogP contribution >= 0.6 is 0 Å². The van der Waals surface area contributed by atoms with Crippen molar-refractivity contribution in [2.75, 3.05) is 13.2 Å². The number of ether oxygens (including phenoxy) is 1. The molecule has 0 amide bonds. The van der Waals surface area contributed by atoms with E-state index in [1.165, 1.54) is 38.4 Å². The predicted octanol–water partition coefficient (Wildman–Crippen LogP) is 3.10. The van der Waals surface area contributed by atoms with Crippen molar-refractivity contribution in [1.82, 2.24) is 5.32 Å². The molecule has 0 saturated heterocycles. The average Bonchev–Trinajstić information content (AvgIpc) is 2.29. The lowest BCUT2D eigenvalue weighted by Crippen LogP contribution is -2.34. The van der Waals surface area contributed by atoms with E-state index in [1.54, 1.807) is 0 Å². The summed E-state index contributed by atoms with van der Waals surface area (Å²) in [5.41, 5.74) is 0. The fourth-order valence-corrected chi connectivity index (χ4v) is 2.39. The lowest BCUT2D eigenvalue weighted by molar-refractivity contribution is 0.233.